The molecule has 0 radical (unpaired) electrons. The van der Waals surface area contributed by atoms with E-state index in [-0.39, 0.29) is 5.54 Å². The van der Waals surface area contributed by atoms with Crippen LogP contribution in [0.25, 0.3) is 0 Å². The summed E-state index contributed by atoms with van der Waals surface area (Å²) in [6, 6.07) is 14.8. The molecule has 0 N–H and O–H groups in total. The van der Waals surface area contributed by atoms with Gasteiger partial charge in [-0.05, 0) is 74.6 Å². The van der Waals surface area contributed by atoms with Gasteiger partial charge in [-0.3, -0.25) is 4.99 Å². The lowest BCUT2D eigenvalue weighted by molar-refractivity contribution is 0.381. The van der Waals surface area contributed by atoms with Crippen LogP contribution >= 0.6 is 15.9 Å². The summed E-state index contributed by atoms with van der Waals surface area (Å²) < 4.78 is 1.05. The van der Waals surface area contributed by atoms with E-state index < -0.39 is 0 Å². The number of nitrogens with zero attached hydrogens (tertiary/aromatic N) is 2. The van der Waals surface area contributed by atoms with Crippen LogP contribution < -0.4 is 4.90 Å². The minimum absolute atomic E-state index is 0.215. The number of hydrogen-bond donors (Lipinski definition) is 0. The molecule has 0 fully saturated rings. The van der Waals surface area contributed by atoms with E-state index in [1.807, 2.05) is 30.5 Å². The molecule has 24 heavy (non-hydrogen) atoms. The van der Waals surface area contributed by atoms with Crippen LogP contribution in [0.3, 0.4) is 0 Å². The molecular weight excluding hydrogens is 360 g/mol. The molecule has 0 saturated carbocycles. The van der Waals surface area contributed by atoms with Crippen molar-refractivity contribution in [2.24, 2.45) is 4.99 Å². The van der Waals surface area contributed by atoms with Gasteiger partial charge in [0.15, 0.2) is 0 Å². The van der Waals surface area contributed by atoms with Gasteiger partial charge in [0.2, 0.25) is 0 Å². The van der Waals surface area contributed by atoms with E-state index in [1.54, 1.807) is 0 Å². The summed E-state index contributed by atoms with van der Waals surface area (Å²) >= 11 is 3.49. The van der Waals surface area contributed by atoms with Crippen LogP contribution in [0.1, 0.15) is 51.2 Å². The number of aliphatic imine (C=N–C) groups is 1. The van der Waals surface area contributed by atoms with Crippen molar-refractivity contribution in [1.82, 2.24) is 0 Å². The predicted octanol–water partition coefficient (Wildman–Crippen LogP) is 6.31. The molecule has 0 amide bonds. The Bertz CT molecular complexity index is 764. The smallest absolute Gasteiger partial charge is 0.0641 e. The van der Waals surface area contributed by atoms with E-state index in [0.29, 0.717) is 5.92 Å². The van der Waals surface area contributed by atoms with Crippen LogP contribution in [-0.4, -0.2) is 18.3 Å². The van der Waals surface area contributed by atoms with Crippen molar-refractivity contribution in [2.75, 3.05) is 11.4 Å². The van der Waals surface area contributed by atoms with Gasteiger partial charge >= 0.3 is 0 Å². The number of anilines is 1. The SMILES string of the molecule is CCN1c2ccc(C=Nc3cccc(Br)c3)cc2C(C)CC1(C)C. The maximum atomic E-state index is 4.61. The molecule has 2 aromatic rings. The summed E-state index contributed by atoms with van der Waals surface area (Å²) in [5, 5.41) is 0. The zero-order valence-corrected chi connectivity index (χ0v) is 16.5. The van der Waals surface area contributed by atoms with Crippen molar-refractivity contribution < 1.29 is 0 Å². The van der Waals surface area contributed by atoms with Gasteiger partial charge in [-0.2, -0.15) is 0 Å². The van der Waals surface area contributed by atoms with Crippen LogP contribution in [0.5, 0.6) is 0 Å². The minimum atomic E-state index is 0.215. The van der Waals surface area contributed by atoms with Crippen molar-refractivity contribution in [1.29, 1.82) is 0 Å². The summed E-state index contributed by atoms with van der Waals surface area (Å²) in [5.41, 5.74) is 5.16. The number of hydrogen-bond acceptors (Lipinski definition) is 2. The summed E-state index contributed by atoms with van der Waals surface area (Å²) in [5.74, 6) is 0.567. The van der Waals surface area contributed by atoms with Crippen LogP contribution in [-0.2, 0) is 0 Å². The number of rotatable bonds is 3. The first kappa shape index (κ1) is 17.2. The Balaban J connectivity index is 1.93. The van der Waals surface area contributed by atoms with Crippen molar-refractivity contribution in [3.8, 4) is 0 Å². The first-order chi connectivity index (χ1) is 11.4. The van der Waals surface area contributed by atoms with Crippen LogP contribution in [0.2, 0.25) is 0 Å². The highest BCUT2D eigenvalue weighted by Crippen LogP contribution is 2.43. The molecule has 1 atom stereocenters. The monoisotopic (exact) mass is 384 g/mol. The topological polar surface area (TPSA) is 15.6 Å². The molecule has 126 valence electrons. The Morgan fingerprint density at radius 2 is 2.04 bits per heavy atom. The normalized spacial score (nSPS) is 19.5. The van der Waals surface area contributed by atoms with E-state index in [4.69, 9.17) is 0 Å². The highest BCUT2D eigenvalue weighted by molar-refractivity contribution is 9.10. The second kappa shape index (κ2) is 6.72. The molecule has 1 heterocycles. The largest absolute Gasteiger partial charge is 0.366 e. The molecule has 3 heteroatoms. The highest BCUT2D eigenvalue weighted by atomic mass is 79.9. The molecule has 1 aliphatic heterocycles. The van der Waals surface area contributed by atoms with Gasteiger partial charge in [-0.15, -0.1) is 0 Å². The fourth-order valence-corrected chi connectivity index (χ4v) is 4.28. The van der Waals surface area contributed by atoms with E-state index in [1.165, 1.54) is 17.7 Å². The van der Waals surface area contributed by atoms with Gasteiger partial charge in [0.1, 0.15) is 0 Å². The third kappa shape index (κ3) is 3.41. The second-order valence-corrected chi connectivity index (χ2v) is 8.13. The quantitative estimate of drug-likeness (QED) is 0.565. The summed E-state index contributed by atoms with van der Waals surface area (Å²) in [6.07, 6.45) is 3.14. The average Bonchev–Trinajstić information content (AvgIpc) is 2.53. The minimum Gasteiger partial charge on any atom is -0.366 e. The molecule has 3 rings (SSSR count). The Kier molecular flexibility index (Phi) is 4.82. The maximum Gasteiger partial charge on any atom is 0.0641 e. The van der Waals surface area contributed by atoms with Crippen molar-refractivity contribution >= 4 is 33.5 Å². The Hall–Kier alpha value is -1.61. The second-order valence-electron chi connectivity index (χ2n) is 7.22. The summed E-state index contributed by atoms with van der Waals surface area (Å²) in [6.45, 7) is 10.3. The standard InChI is InChI=1S/C21H25BrN2/c1-5-24-20-10-9-16(11-19(20)15(2)13-21(24,3)4)14-23-18-8-6-7-17(22)12-18/h6-12,14-15H,5,13H2,1-4H3. The molecule has 1 aliphatic rings. The van der Waals surface area contributed by atoms with Crippen molar-refractivity contribution in [3.63, 3.8) is 0 Å². The van der Waals surface area contributed by atoms with Gasteiger partial charge in [0, 0.05) is 28.5 Å². The molecule has 2 nitrogen and oxygen atoms in total. The molecule has 2 aromatic carbocycles. The summed E-state index contributed by atoms with van der Waals surface area (Å²) in [4.78, 5) is 7.14. The van der Waals surface area contributed by atoms with Gasteiger partial charge < -0.3 is 4.90 Å². The first-order valence-electron chi connectivity index (χ1n) is 8.62. The van der Waals surface area contributed by atoms with Gasteiger partial charge in [0.25, 0.3) is 0 Å². The number of benzene rings is 2. The third-order valence-corrected chi connectivity index (χ3v) is 5.39. The third-order valence-electron chi connectivity index (χ3n) is 4.90. The fourth-order valence-electron chi connectivity index (χ4n) is 3.89. The lowest BCUT2D eigenvalue weighted by Crippen LogP contribution is -2.48. The molecular formula is C21H25BrN2. The zero-order chi connectivity index (χ0) is 17.3. The Morgan fingerprint density at radius 1 is 1.25 bits per heavy atom. The zero-order valence-electron chi connectivity index (χ0n) is 14.9. The Labute approximate surface area is 153 Å². The van der Waals surface area contributed by atoms with Gasteiger partial charge in [-0.25, -0.2) is 0 Å². The lowest BCUT2D eigenvalue weighted by atomic mass is 9.79. The van der Waals surface area contributed by atoms with E-state index in [2.05, 4.69) is 71.7 Å². The number of fused-ring (bicyclic) bond motifs is 1. The van der Waals surface area contributed by atoms with Crippen LogP contribution in [0.15, 0.2) is 51.9 Å². The lowest BCUT2D eigenvalue weighted by Gasteiger charge is -2.47. The maximum absolute atomic E-state index is 4.61. The van der Waals surface area contributed by atoms with E-state index in [0.717, 1.165) is 22.3 Å². The van der Waals surface area contributed by atoms with Gasteiger partial charge in [-0.1, -0.05) is 35.0 Å². The van der Waals surface area contributed by atoms with Gasteiger partial charge in [0.05, 0.1) is 5.69 Å². The molecule has 0 saturated heterocycles. The predicted molar refractivity (Wildman–Crippen MR) is 108 cm³/mol. The molecule has 0 aliphatic carbocycles. The highest BCUT2D eigenvalue weighted by Gasteiger charge is 2.35. The van der Waals surface area contributed by atoms with E-state index >= 15 is 0 Å². The Morgan fingerprint density at radius 3 is 2.75 bits per heavy atom. The summed E-state index contributed by atoms with van der Waals surface area (Å²) in [7, 11) is 0. The molecule has 0 bridgehead atoms. The van der Waals surface area contributed by atoms with Crippen molar-refractivity contribution in [3.05, 3.63) is 58.1 Å². The van der Waals surface area contributed by atoms with Crippen LogP contribution in [0, 0.1) is 0 Å². The average molecular weight is 385 g/mol. The van der Waals surface area contributed by atoms with Crippen LogP contribution in [0.4, 0.5) is 11.4 Å². The molecule has 0 spiro atoms. The fraction of sp³-hybridized carbons (Fsp3) is 0.381. The first-order valence-corrected chi connectivity index (χ1v) is 9.41. The molecule has 1 unspecified atom stereocenters. The molecule has 0 aromatic heterocycles. The van der Waals surface area contributed by atoms with E-state index in [9.17, 15) is 0 Å². The van der Waals surface area contributed by atoms with Crippen molar-refractivity contribution in [2.45, 2.75) is 45.6 Å². The number of halogens is 1.